The Labute approximate surface area is 193 Å². The average molecular weight is 481 g/mol. The fraction of sp³-hybridized carbons (Fsp3) is 0.429. The summed E-state index contributed by atoms with van der Waals surface area (Å²) in [5.74, 6) is -0.275. The van der Waals surface area contributed by atoms with Gasteiger partial charge in [0.05, 0.1) is 37.9 Å². The Morgan fingerprint density at radius 1 is 1.18 bits per heavy atom. The first-order valence-corrected chi connectivity index (χ1v) is 10.6. The number of nitrogens with zero attached hydrogens (tertiary/aromatic N) is 6. The van der Waals surface area contributed by atoms with E-state index in [1.807, 2.05) is 0 Å². The fourth-order valence-electron chi connectivity index (χ4n) is 3.54. The summed E-state index contributed by atoms with van der Waals surface area (Å²) >= 11 is 0. The van der Waals surface area contributed by atoms with E-state index in [1.54, 1.807) is 9.91 Å². The van der Waals surface area contributed by atoms with Crippen molar-refractivity contribution < 1.29 is 27.1 Å². The Bertz CT molecular complexity index is 1040. The summed E-state index contributed by atoms with van der Waals surface area (Å²) in [6.07, 6.45) is -1.96. The highest BCUT2D eigenvalue weighted by Gasteiger charge is 2.31. The molecule has 1 aromatic heterocycles. The summed E-state index contributed by atoms with van der Waals surface area (Å²) < 4.78 is 58.1. The van der Waals surface area contributed by atoms with E-state index in [0.29, 0.717) is 38.7 Å². The van der Waals surface area contributed by atoms with E-state index >= 15 is 0 Å². The topological polar surface area (TPSA) is 86.2 Å². The Morgan fingerprint density at radius 3 is 2.71 bits per heavy atom. The van der Waals surface area contributed by atoms with Crippen LogP contribution in [0.25, 0.3) is 0 Å². The highest BCUT2D eigenvalue weighted by atomic mass is 19.4. The van der Waals surface area contributed by atoms with Gasteiger partial charge in [0.1, 0.15) is 6.54 Å². The largest absolute Gasteiger partial charge is 0.416 e. The van der Waals surface area contributed by atoms with Crippen molar-refractivity contribution in [3.8, 4) is 0 Å². The minimum absolute atomic E-state index is 0.0451. The number of anilines is 2. The van der Waals surface area contributed by atoms with Crippen molar-refractivity contribution in [1.82, 2.24) is 19.9 Å². The first-order chi connectivity index (χ1) is 16.3. The second kappa shape index (κ2) is 10.3. The zero-order valence-electron chi connectivity index (χ0n) is 18.1. The van der Waals surface area contributed by atoms with Gasteiger partial charge in [0.15, 0.2) is 17.5 Å². The van der Waals surface area contributed by atoms with Gasteiger partial charge in [-0.15, -0.1) is 0 Å². The summed E-state index contributed by atoms with van der Waals surface area (Å²) in [5, 5.41) is 1.54. The first-order valence-electron chi connectivity index (χ1n) is 10.6. The Kier molecular flexibility index (Phi) is 7.22. The van der Waals surface area contributed by atoms with Crippen LogP contribution in [-0.4, -0.2) is 78.1 Å². The molecule has 0 spiro atoms. The summed E-state index contributed by atoms with van der Waals surface area (Å²) in [6, 6.07) is 4.78. The van der Waals surface area contributed by atoms with Crippen LogP contribution in [0.1, 0.15) is 11.4 Å². The molecule has 1 N–H and O–H groups in total. The fourth-order valence-corrected chi connectivity index (χ4v) is 3.54. The van der Waals surface area contributed by atoms with Gasteiger partial charge in [-0.3, -0.25) is 9.79 Å². The van der Waals surface area contributed by atoms with Crippen molar-refractivity contribution in [3.05, 3.63) is 47.7 Å². The molecule has 182 valence electrons. The van der Waals surface area contributed by atoms with Crippen LogP contribution in [-0.2, 0) is 22.3 Å². The number of carbonyl (C=O) groups excluding carboxylic acids is 1. The molecule has 34 heavy (non-hydrogen) atoms. The van der Waals surface area contributed by atoms with Gasteiger partial charge >= 0.3 is 6.18 Å². The number of aliphatic imine (C=N–C) groups is 1. The molecule has 2 saturated heterocycles. The molecular formula is C21H23F4N7O2. The highest BCUT2D eigenvalue weighted by Crippen LogP contribution is 2.30. The van der Waals surface area contributed by atoms with Crippen molar-refractivity contribution in [1.29, 1.82) is 0 Å². The number of piperazine rings is 1. The normalized spacial score (nSPS) is 18.1. The third-order valence-electron chi connectivity index (χ3n) is 5.27. The van der Waals surface area contributed by atoms with Crippen LogP contribution in [0.2, 0.25) is 0 Å². The molecule has 0 bridgehead atoms. The monoisotopic (exact) mass is 481 g/mol. The lowest BCUT2D eigenvalue weighted by atomic mass is 10.2. The van der Waals surface area contributed by atoms with Crippen LogP contribution in [0.15, 0.2) is 35.5 Å². The molecule has 0 radical (unpaired) electrons. The smallest absolute Gasteiger partial charge is 0.378 e. The van der Waals surface area contributed by atoms with Gasteiger partial charge in [0, 0.05) is 31.9 Å². The van der Waals surface area contributed by atoms with Crippen molar-refractivity contribution in [2.24, 2.45) is 4.99 Å². The van der Waals surface area contributed by atoms with Crippen molar-refractivity contribution in [2.45, 2.75) is 12.7 Å². The van der Waals surface area contributed by atoms with Crippen LogP contribution in [0.3, 0.4) is 0 Å². The SMILES string of the molecule is O=C1CN(Nc2cccc(C(F)(F)F)c2)CCN1C=NCc1ncc(F)c(N2CCOCC2)n1. The minimum Gasteiger partial charge on any atom is -0.378 e. The number of halogens is 4. The second-order valence-electron chi connectivity index (χ2n) is 7.71. The van der Waals surface area contributed by atoms with Crippen LogP contribution in [0.4, 0.5) is 29.1 Å². The number of ether oxygens (including phenoxy) is 1. The number of carbonyl (C=O) groups is 1. The van der Waals surface area contributed by atoms with E-state index in [1.165, 1.54) is 23.4 Å². The first kappa shape index (κ1) is 23.8. The molecule has 0 unspecified atom stereocenters. The minimum atomic E-state index is -4.44. The van der Waals surface area contributed by atoms with Crippen LogP contribution in [0, 0.1) is 5.82 Å². The van der Waals surface area contributed by atoms with Gasteiger partial charge < -0.3 is 20.0 Å². The van der Waals surface area contributed by atoms with Crippen molar-refractivity contribution >= 4 is 23.8 Å². The zero-order valence-corrected chi connectivity index (χ0v) is 18.1. The van der Waals surface area contributed by atoms with E-state index in [0.717, 1.165) is 18.3 Å². The number of aromatic nitrogens is 2. The van der Waals surface area contributed by atoms with E-state index in [-0.39, 0.29) is 37.0 Å². The molecule has 13 heteroatoms. The van der Waals surface area contributed by atoms with Crippen molar-refractivity contribution in [2.75, 3.05) is 56.3 Å². The number of nitrogens with one attached hydrogen (secondary N) is 1. The molecule has 2 aliphatic heterocycles. The van der Waals surface area contributed by atoms with E-state index in [9.17, 15) is 22.4 Å². The molecule has 9 nitrogen and oxygen atoms in total. The second-order valence-corrected chi connectivity index (χ2v) is 7.71. The van der Waals surface area contributed by atoms with Gasteiger partial charge in [-0.1, -0.05) is 6.07 Å². The molecule has 0 atom stereocenters. The molecule has 1 aromatic carbocycles. The number of rotatable bonds is 6. The maximum Gasteiger partial charge on any atom is 0.416 e. The molecule has 2 aromatic rings. The summed E-state index contributed by atoms with van der Waals surface area (Å²) in [6.45, 7) is 2.74. The molecule has 4 rings (SSSR count). The van der Waals surface area contributed by atoms with E-state index < -0.39 is 17.6 Å². The van der Waals surface area contributed by atoms with Gasteiger partial charge in [-0.05, 0) is 18.2 Å². The predicted molar refractivity (Wildman–Crippen MR) is 116 cm³/mol. The Balaban J connectivity index is 1.31. The lowest BCUT2D eigenvalue weighted by molar-refractivity contribution is -0.137. The Hall–Kier alpha value is -3.32. The molecule has 0 aliphatic carbocycles. The van der Waals surface area contributed by atoms with E-state index in [2.05, 4.69) is 20.4 Å². The average Bonchev–Trinajstić information content (AvgIpc) is 2.82. The van der Waals surface area contributed by atoms with Gasteiger partial charge in [-0.2, -0.15) is 13.2 Å². The third kappa shape index (κ3) is 5.97. The molecular weight excluding hydrogens is 458 g/mol. The number of morpholine rings is 1. The number of amides is 1. The highest BCUT2D eigenvalue weighted by molar-refractivity contribution is 5.89. The third-order valence-corrected chi connectivity index (χ3v) is 5.27. The van der Waals surface area contributed by atoms with Gasteiger partial charge in [0.25, 0.3) is 0 Å². The lowest BCUT2D eigenvalue weighted by Gasteiger charge is -2.32. The number of hydrazine groups is 1. The molecule has 2 fully saturated rings. The number of hydrogen-bond acceptors (Lipinski definition) is 8. The van der Waals surface area contributed by atoms with E-state index in [4.69, 9.17) is 4.74 Å². The number of hydrogen-bond donors (Lipinski definition) is 1. The predicted octanol–water partition coefficient (Wildman–Crippen LogP) is 2.17. The molecule has 1 amide bonds. The van der Waals surface area contributed by atoms with Crippen LogP contribution in [0.5, 0.6) is 0 Å². The Morgan fingerprint density at radius 2 is 1.97 bits per heavy atom. The number of benzene rings is 1. The maximum atomic E-state index is 14.1. The van der Waals surface area contributed by atoms with Crippen LogP contribution < -0.4 is 10.3 Å². The van der Waals surface area contributed by atoms with Crippen molar-refractivity contribution in [3.63, 3.8) is 0 Å². The quantitative estimate of drug-likeness (QED) is 0.385. The summed E-state index contributed by atoms with van der Waals surface area (Å²) in [7, 11) is 0. The zero-order chi connectivity index (χ0) is 24.1. The molecule has 2 aliphatic rings. The summed E-state index contributed by atoms with van der Waals surface area (Å²) in [5.41, 5.74) is 2.32. The molecule has 3 heterocycles. The molecule has 0 saturated carbocycles. The van der Waals surface area contributed by atoms with Crippen LogP contribution >= 0.6 is 0 Å². The lowest BCUT2D eigenvalue weighted by Crippen LogP contribution is -2.51. The van der Waals surface area contributed by atoms with Gasteiger partial charge in [0.2, 0.25) is 5.91 Å². The standard InChI is InChI=1S/C21H23F4N7O2/c22-17-11-27-18(28-20(17)30-6-8-34-9-7-30)12-26-14-31-4-5-32(13-19(31)33)29-16-3-1-2-15(10-16)21(23,24)25/h1-3,10-11,14,29H,4-9,12-13H2. The number of alkyl halides is 3. The van der Waals surface area contributed by atoms with Gasteiger partial charge in [-0.25, -0.2) is 19.4 Å². The summed E-state index contributed by atoms with van der Waals surface area (Å²) in [4.78, 5) is 28.1. The maximum absolute atomic E-state index is 14.1.